The van der Waals surface area contributed by atoms with E-state index in [0.717, 1.165) is 18.7 Å². The van der Waals surface area contributed by atoms with Crippen LogP contribution in [0.3, 0.4) is 0 Å². The van der Waals surface area contributed by atoms with E-state index in [-0.39, 0.29) is 18.0 Å². The van der Waals surface area contributed by atoms with E-state index in [9.17, 15) is 4.79 Å². The summed E-state index contributed by atoms with van der Waals surface area (Å²) in [6.45, 7) is 8.02. The summed E-state index contributed by atoms with van der Waals surface area (Å²) < 4.78 is 5.67. The molecule has 0 aliphatic carbocycles. The first-order chi connectivity index (χ1) is 8.95. The smallest absolute Gasteiger partial charge is 0.178 e. The Morgan fingerprint density at radius 2 is 2.00 bits per heavy atom. The van der Waals surface area contributed by atoms with Gasteiger partial charge in [-0.15, -0.1) is 0 Å². The Labute approximate surface area is 119 Å². The van der Waals surface area contributed by atoms with Gasteiger partial charge in [0.05, 0.1) is 23.8 Å². The van der Waals surface area contributed by atoms with E-state index >= 15 is 0 Å². The number of halogens is 1. The predicted octanol–water partition coefficient (Wildman–Crippen LogP) is 2.94. The Morgan fingerprint density at radius 3 is 2.63 bits per heavy atom. The van der Waals surface area contributed by atoms with Crippen molar-refractivity contribution in [2.45, 2.75) is 33.0 Å². The van der Waals surface area contributed by atoms with Crippen LogP contribution in [0.1, 0.15) is 29.8 Å². The van der Waals surface area contributed by atoms with Crippen molar-refractivity contribution < 1.29 is 9.53 Å². The average Bonchev–Trinajstić information content (AvgIpc) is 2.30. The zero-order valence-corrected chi connectivity index (χ0v) is 12.4. The molecule has 19 heavy (non-hydrogen) atoms. The van der Waals surface area contributed by atoms with Crippen molar-refractivity contribution in [3.8, 4) is 0 Å². The van der Waals surface area contributed by atoms with Crippen LogP contribution in [0.25, 0.3) is 0 Å². The number of ketones is 1. The molecule has 1 saturated heterocycles. The largest absolute Gasteiger partial charge is 0.373 e. The minimum absolute atomic E-state index is 0.0787. The van der Waals surface area contributed by atoms with Crippen molar-refractivity contribution in [1.82, 2.24) is 4.90 Å². The van der Waals surface area contributed by atoms with Gasteiger partial charge in [0, 0.05) is 18.7 Å². The van der Waals surface area contributed by atoms with Crippen LogP contribution >= 0.6 is 11.6 Å². The number of carbonyl (C=O) groups is 1. The lowest BCUT2D eigenvalue weighted by Crippen LogP contribution is -2.47. The molecule has 2 rings (SSSR count). The molecule has 0 radical (unpaired) electrons. The van der Waals surface area contributed by atoms with Gasteiger partial charge >= 0.3 is 0 Å². The van der Waals surface area contributed by atoms with Gasteiger partial charge in [-0.1, -0.05) is 23.2 Å². The third-order valence-corrected chi connectivity index (χ3v) is 3.61. The van der Waals surface area contributed by atoms with Crippen molar-refractivity contribution in [2.75, 3.05) is 19.6 Å². The third-order valence-electron chi connectivity index (χ3n) is 3.28. The van der Waals surface area contributed by atoms with Crippen LogP contribution in [0.2, 0.25) is 5.02 Å². The van der Waals surface area contributed by atoms with E-state index in [1.807, 2.05) is 32.9 Å². The molecule has 0 amide bonds. The number of nitrogens with zero attached hydrogens (tertiary/aromatic N) is 1. The molecule has 0 saturated carbocycles. The second kappa shape index (κ2) is 6.04. The molecule has 1 aromatic rings. The number of hydrogen-bond acceptors (Lipinski definition) is 3. The Morgan fingerprint density at radius 1 is 1.37 bits per heavy atom. The molecular weight excluding hydrogens is 262 g/mol. The standard InChI is InChI=1S/C15H20ClNO2/c1-10-4-5-14(16)13(6-10)15(18)9-17-7-11(2)19-12(3)8-17/h4-6,11-12H,7-9H2,1-3H3. The van der Waals surface area contributed by atoms with Crippen molar-refractivity contribution in [3.63, 3.8) is 0 Å². The SMILES string of the molecule is Cc1ccc(Cl)c(C(=O)CN2CC(C)OC(C)C2)c1. The predicted molar refractivity (Wildman–Crippen MR) is 77.0 cm³/mol. The van der Waals surface area contributed by atoms with Crippen LogP contribution in [0.4, 0.5) is 0 Å². The zero-order chi connectivity index (χ0) is 14.0. The van der Waals surface area contributed by atoms with E-state index in [1.54, 1.807) is 6.07 Å². The number of morpholine rings is 1. The lowest BCUT2D eigenvalue weighted by molar-refractivity contribution is -0.0652. The Balaban J connectivity index is 2.06. The molecule has 1 heterocycles. The Bertz CT molecular complexity index is 465. The fraction of sp³-hybridized carbons (Fsp3) is 0.533. The summed E-state index contributed by atoms with van der Waals surface area (Å²) in [6, 6.07) is 5.56. The van der Waals surface area contributed by atoms with Crippen LogP contribution in [-0.4, -0.2) is 42.5 Å². The van der Waals surface area contributed by atoms with Crippen LogP contribution in [-0.2, 0) is 4.74 Å². The first-order valence-electron chi connectivity index (χ1n) is 6.63. The summed E-state index contributed by atoms with van der Waals surface area (Å²) in [7, 11) is 0. The van der Waals surface area contributed by atoms with Crippen molar-refractivity contribution in [2.24, 2.45) is 0 Å². The monoisotopic (exact) mass is 281 g/mol. The molecule has 0 N–H and O–H groups in total. The first kappa shape index (κ1) is 14.5. The van der Waals surface area contributed by atoms with Gasteiger partial charge in [-0.05, 0) is 32.9 Å². The summed E-state index contributed by atoms with van der Waals surface area (Å²) in [5, 5.41) is 0.532. The van der Waals surface area contributed by atoms with Crippen molar-refractivity contribution in [3.05, 3.63) is 34.3 Å². The second-order valence-corrected chi connectivity index (χ2v) is 5.77. The molecule has 0 spiro atoms. The summed E-state index contributed by atoms with van der Waals surface area (Å²) in [5.74, 6) is 0.0787. The van der Waals surface area contributed by atoms with Crippen molar-refractivity contribution in [1.29, 1.82) is 0 Å². The van der Waals surface area contributed by atoms with E-state index in [2.05, 4.69) is 4.90 Å². The van der Waals surface area contributed by atoms with Crippen molar-refractivity contribution >= 4 is 17.4 Å². The highest BCUT2D eigenvalue weighted by Crippen LogP contribution is 2.19. The van der Waals surface area contributed by atoms with Gasteiger partial charge in [-0.2, -0.15) is 0 Å². The molecule has 4 heteroatoms. The number of hydrogen-bond donors (Lipinski definition) is 0. The number of rotatable bonds is 3. The van der Waals surface area contributed by atoms with Gasteiger partial charge in [0.25, 0.3) is 0 Å². The maximum atomic E-state index is 12.3. The molecular formula is C15H20ClNO2. The van der Waals surface area contributed by atoms with Crippen LogP contribution < -0.4 is 0 Å². The third kappa shape index (κ3) is 3.78. The number of Topliss-reactive ketones (excluding diaryl/α,β-unsaturated/α-hetero) is 1. The van der Waals surface area contributed by atoms with Gasteiger partial charge in [-0.25, -0.2) is 0 Å². The van der Waals surface area contributed by atoms with Gasteiger partial charge in [0.2, 0.25) is 0 Å². The molecule has 104 valence electrons. The maximum Gasteiger partial charge on any atom is 0.178 e. The molecule has 1 aromatic carbocycles. The summed E-state index contributed by atoms with van der Waals surface area (Å²) in [4.78, 5) is 14.5. The molecule has 2 unspecified atom stereocenters. The Hall–Kier alpha value is -0.900. The summed E-state index contributed by atoms with van der Waals surface area (Å²) in [6.07, 6.45) is 0.342. The van der Waals surface area contributed by atoms with Gasteiger partial charge in [-0.3, -0.25) is 9.69 Å². The highest BCUT2D eigenvalue weighted by atomic mass is 35.5. The highest BCUT2D eigenvalue weighted by Gasteiger charge is 2.24. The molecule has 1 aliphatic rings. The highest BCUT2D eigenvalue weighted by molar-refractivity contribution is 6.34. The minimum atomic E-state index is 0.0787. The quantitative estimate of drug-likeness (QED) is 0.798. The number of aryl methyl sites for hydroxylation is 1. The zero-order valence-electron chi connectivity index (χ0n) is 11.6. The van der Waals surface area contributed by atoms with Crippen LogP contribution in [0.5, 0.6) is 0 Å². The molecule has 2 atom stereocenters. The average molecular weight is 282 g/mol. The lowest BCUT2D eigenvalue weighted by Gasteiger charge is -2.34. The summed E-state index contributed by atoms with van der Waals surface area (Å²) >= 11 is 6.10. The van der Waals surface area contributed by atoms with E-state index < -0.39 is 0 Å². The molecule has 1 fully saturated rings. The van der Waals surface area contributed by atoms with Crippen LogP contribution in [0.15, 0.2) is 18.2 Å². The fourth-order valence-corrected chi connectivity index (χ4v) is 2.78. The molecule has 1 aliphatic heterocycles. The normalized spacial score (nSPS) is 24.4. The molecule has 0 bridgehead atoms. The molecule has 3 nitrogen and oxygen atoms in total. The minimum Gasteiger partial charge on any atom is -0.373 e. The Kier molecular flexibility index (Phi) is 4.61. The van der Waals surface area contributed by atoms with Crippen LogP contribution in [0, 0.1) is 6.92 Å². The summed E-state index contributed by atoms with van der Waals surface area (Å²) in [5.41, 5.74) is 1.67. The number of carbonyl (C=O) groups excluding carboxylic acids is 1. The topological polar surface area (TPSA) is 29.5 Å². The van der Waals surface area contributed by atoms with E-state index in [4.69, 9.17) is 16.3 Å². The van der Waals surface area contributed by atoms with Gasteiger partial charge < -0.3 is 4.74 Å². The fourth-order valence-electron chi connectivity index (χ4n) is 2.55. The first-order valence-corrected chi connectivity index (χ1v) is 7.00. The van der Waals surface area contributed by atoms with E-state index in [0.29, 0.717) is 17.1 Å². The van der Waals surface area contributed by atoms with Gasteiger partial charge in [0.1, 0.15) is 0 Å². The van der Waals surface area contributed by atoms with Gasteiger partial charge in [0.15, 0.2) is 5.78 Å². The second-order valence-electron chi connectivity index (χ2n) is 5.36. The maximum absolute atomic E-state index is 12.3. The lowest BCUT2D eigenvalue weighted by atomic mass is 10.1. The molecule has 0 aromatic heterocycles. The van der Waals surface area contributed by atoms with E-state index in [1.165, 1.54) is 0 Å². The number of ether oxygens (including phenoxy) is 1. The number of benzene rings is 1.